The van der Waals surface area contributed by atoms with Crippen LogP contribution in [-0.4, -0.2) is 16.7 Å². The molecule has 102 valence electrons. The third-order valence-corrected chi connectivity index (χ3v) is 3.13. The Balaban J connectivity index is 2.67. The number of thiazole rings is 1. The highest BCUT2D eigenvalue weighted by atomic mass is 32.1. The molecule has 0 spiro atoms. The standard InChI is InChI=1S/C13H22N2O2S/c1-8(2)7-10-14-9(3)11(18-10)15-12(16)17-13(4,5)6/h8H,7H2,1-6H3,(H,15,16). The summed E-state index contributed by atoms with van der Waals surface area (Å²) in [7, 11) is 0. The van der Waals surface area contributed by atoms with E-state index in [9.17, 15) is 4.79 Å². The molecule has 18 heavy (non-hydrogen) atoms. The fraction of sp³-hybridized carbons (Fsp3) is 0.692. The van der Waals surface area contributed by atoms with E-state index >= 15 is 0 Å². The van der Waals surface area contributed by atoms with Crippen molar-refractivity contribution in [2.75, 3.05) is 5.32 Å². The number of hydrogen-bond acceptors (Lipinski definition) is 4. The number of carbonyl (C=O) groups is 1. The molecular weight excluding hydrogens is 248 g/mol. The van der Waals surface area contributed by atoms with Crippen LogP contribution in [0.3, 0.4) is 0 Å². The quantitative estimate of drug-likeness (QED) is 0.903. The number of nitrogens with zero attached hydrogens (tertiary/aromatic N) is 1. The number of anilines is 1. The largest absolute Gasteiger partial charge is 0.444 e. The Morgan fingerprint density at radius 3 is 2.56 bits per heavy atom. The van der Waals surface area contributed by atoms with Crippen LogP contribution in [0.25, 0.3) is 0 Å². The summed E-state index contributed by atoms with van der Waals surface area (Å²) in [6.07, 6.45) is 0.506. The molecule has 1 heterocycles. The first-order valence-electron chi connectivity index (χ1n) is 6.13. The summed E-state index contributed by atoms with van der Waals surface area (Å²) < 4.78 is 5.22. The Kier molecular flexibility index (Phi) is 4.73. The number of rotatable bonds is 3. The lowest BCUT2D eigenvalue weighted by atomic mass is 10.1. The van der Waals surface area contributed by atoms with Gasteiger partial charge in [0, 0.05) is 6.42 Å². The highest BCUT2D eigenvalue weighted by molar-refractivity contribution is 7.16. The van der Waals surface area contributed by atoms with Crippen molar-refractivity contribution in [3.8, 4) is 0 Å². The van der Waals surface area contributed by atoms with Crippen LogP contribution < -0.4 is 5.32 Å². The third kappa shape index (κ3) is 5.04. The SMILES string of the molecule is Cc1nc(CC(C)C)sc1NC(=O)OC(C)(C)C. The minimum Gasteiger partial charge on any atom is -0.444 e. The van der Waals surface area contributed by atoms with E-state index in [0.29, 0.717) is 5.92 Å². The molecule has 0 aliphatic carbocycles. The van der Waals surface area contributed by atoms with Gasteiger partial charge in [-0.25, -0.2) is 9.78 Å². The first-order chi connectivity index (χ1) is 8.17. The van der Waals surface area contributed by atoms with Gasteiger partial charge in [0.05, 0.1) is 10.7 Å². The Morgan fingerprint density at radius 2 is 2.06 bits per heavy atom. The molecule has 5 heteroatoms. The van der Waals surface area contributed by atoms with E-state index in [2.05, 4.69) is 24.1 Å². The number of amides is 1. The maximum Gasteiger partial charge on any atom is 0.412 e. The van der Waals surface area contributed by atoms with Crippen LogP contribution in [-0.2, 0) is 11.2 Å². The second-order valence-electron chi connectivity index (χ2n) is 5.75. The monoisotopic (exact) mass is 270 g/mol. The van der Waals surface area contributed by atoms with Gasteiger partial charge >= 0.3 is 6.09 Å². The molecule has 1 aromatic rings. The van der Waals surface area contributed by atoms with Crippen molar-refractivity contribution in [3.05, 3.63) is 10.7 Å². The smallest absolute Gasteiger partial charge is 0.412 e. The fourth-order valence-electron chi connectivity index (χ4n) is 1.40. The summed E-state index contributed by atoms with van der Waals surface area (Å²) in [6, 6.07) is 0. The van der Waals surface area contributed by atoms with Crippen LogP contribution in [0.4, 0.5) is 9.80 Å². The number of carbonyl (C=O) groups excluding carboxylic acids is 1. The summed E-state index contributed by atoms with van der Waals surface area (Å²) in [5, 5.41) is 4.58. The summed E-state index contributed by atoms with van der Waals surface area (Å²) in [5.74, 6) is 0.560. The van der Waals surface area contributed by atoms with Gasteiger partial charge in [-0.05, 0) is 33.6 Å². The predicted molar refractivity (Wildman–Crippen MR) is 75.2 cm³/mol. The van der Waals surface area contributed by atoms with E-state index in [1.165, 1.54) is 11.3 Å². The molecule has 0 bridgehead atoms. The van der Waals surface area contributed by atoms with Gasteiger partial charge < -0.3 is 4.74 Å². The minimum atomic E-state index is -0.483. The third-order valence-electron chi connectivity index (χ3n) is 2.04. The molecule has 0 atom stereocenters. The molecule has 0 saturated carbocycles. The molecule has 0 aliphatic heterocycles. The Labute approximate surface area is 113 Å². The summed E-state index contributed by atoms with van der Waals surface area (Å²) in [6.45, 7) is 11.7. The minimum absolute atomic E-state index is 0.426. The van der Waals surface area contributed by atoms with E-state index in [-0.39, 0.29) is 0 Å². The van der Waals surface area contributed by atoms with Crippen molar-refractivity contribution < 1.29 is 9.53 Å². The first kappa shape index (κ1) is 15.0. The molecule has 1 aromatic heterocycles. The zero-order valence-corrected chi connectivity index (χ0v) is 12.8. The van der Waals surface area contributed by atoms with Crippen molar-refractivity contribution in [2.24, 2.45) is 5.92 Å². The zero-order valence-electron chi connectivity index (χ0n) is 12.0. The lowest BCUT2D eigenvalue weighted by Gasteiger charge is -2.19. The molecule has 1 amide bonds. The molecule has 0 aromatic carbocycles. The van der Waals surface area contributed by atoms with E-state index in [1.807, 2.05) is 27.7 Å². The average molecular weight is 270 g/mol. The van der Waals surface area contributed by atoms with E-state index in [0.717, 1.165) is 22.1 Å². The second kappa shape index (κ2) is 5.69. The molecule has 0 fully saturated rings. The van der Waals surface area contributed by atoms with Gasteiger partial charge in [0.2, 0.25) is 0 Å². The van der Waals surface area contributed by atoms with Gasteiger partial charge in [-0.15, -0.1) is 11.3 Å². The van der Waals surface area contributed by atoms with Crippen LogP contribution in [0.1, 0.15) is 45.3 Å². The second-order valence-corrected chi connectivity index (χ2v) is 6.83. The van der Waals surface area contributed by atoms with Gasteiger partial charge in [-0.3, -0.25) is 5.32 Å². The van der Waals surface area contributed by atoms with Gasteiger partial charge in [0.25, 0.3) is 0 Å². The van der Waals surface area contributed by atoms with Gasteiger partial charge in [0.15, 0.2) is 0 Å². The van der Waals surface area contributed by atoms with Gasteiger partial charge in [-0.2, -0.15) is 0 Å². The highest BCUT2D eigenvalue weighted by Gasteiger charge is 2.18. The first-order valence-corrected chi connectivity index (χ1v) is 6.95. The fourth-order valence-corrected chi connectivity index (χ4v) is 2.56. The van der Waals surface area contributed by atoms with E-state index < -0.39 is 11.7 Å². The van der Waals surface area contributed by atoms with Crippen molar-refractivity contribution in [2.45, 2.75) is 53.6 Å². The number of aryl methyl sites for hydroxylation is 1. The molecule has 1 rings (SSSR count). The summed E-state index contributed by atoms with van der Waals surface area (Å²) in [4.78, 5) is 16.1. The maximum atomic E-state index is 11.7. The summed E-state index contributed by atoms with van der Waals surface area (Å²) >= 11 is 1.52. The van der Waals surface area contributed by atoms with Crippen molar-refractivity contribution in [1.29, 1.82) is 0 Å². The van der Waals surface area contributed by atoms with Crippen molar-refractivity contribution >= 4 is 22.4 Å². The van der Waals surface area contributed by atoms with Crippen LogP contribution >= 0.6 is 11.3 Å². The summed E-state index contributed by atoms with van der Waals surface area (Å²) in [5.41, 5.74) is 0.366. The Bertz CT molecular complexity index is 419. The molecule has 0 saturated heterocycles. The van der Waals surface area contributed by atoms with Crippen molar-refractivity contribution in [1.82, 2.24) is 4.98 Å². The average Bonchev–Trinajstić information content (AvgIpc) is 2.41. The number of aromatic nitrogens is 1. The zero-order chi connectivity index (χ0) is 13.9. The Hall–Kier alpha value is -1.10. The van der Waals surface area contributed by atoms with Gasteiger partial charge in [-0.1, -0.05) is 13.8 Å². The van der Waals surface area contributed by atoms with Crippen LogP contribution in [0, 0.1) is 12.8 Å². The molecule has 1 N–H and O–H groups in total. The number of ether oxygens (including phenoxy) is 1. The number of hydrogen-bond donors (Lipinski definition) is 1. The van der Waals surface area contributed by atoms with Crippen LogP contribution in [0.15, 0.2) is 0 Å². The molecule has 0 unspecified atom stereocenters. The maximum absolute atomic E-state index is 11.7. The Morgan fingerprint density at radius 1 is 1.44 bits per heavy atom. The molecular formula is C13H22N2O2S. The topological polar surface area (TPSA) is 51.2 Å². The molecule has 0 radical (unpaired) electrons. The lowest BCUT2D eigenvalue weighted by molar-refractivity contribution is 0.0636. The van der Waals surface area contributed by atoms with Crippen LogP contribution in [0.5, 0.6) is 0 Å². The number of nitrogens with one attached hydrogen (secondary N) is 1. The van der Waals surface area contributed by atoms with E-state index in [4.69, 9.17) is 4.74 Å². The normalized spacial score (nSPS) is 11.7. The van der Waals surface area contributed by atoms with Gasteiger partial charge in [0.1, 0.15) is 10.6 Å². The van der Waals surface area contributed by atoms with E-state index in [1.54, 1.807) is 0 Å². The lowest BCUT2D eigenvalue weighted by Crippen LogP contribution is -2.27. The highest BCUT2D eigenvalue weighted by Crippen LogP contribution is 2.26. The van der Waals surface area contributed by atoms with Crippen LogP contribution in [0.2, 0.25) is 0 Å². The molecule has 4 nitrogen and oxygen atoms in total. The van der Waals surface area contributed by atoms with Crippen molar-refractivity contribution in [3.63, 3.8) is 0 Å². The predicted octanol–water partition coefficient (Wildman–Crippen LogP) is 4.00. The molecule has 0 aliphatic rings.